The Labute approximate surface area is 123 Å². The molecule has 0 atom stereocenters. The molecular weight excluding hydrogens is 319 g/mol. The fourth-order valence-corrected chi connectivity index (χ4v) is 5.29. The molecule has 1 heterocycles. The molecule has 0 bridgehead atoms. The molecule has 21 heavy (non-hydrogen) atoms. The first-order valence-electron chi connectivity index (χ1n) is 6.40. The van der Waals surface area contributed by atoms with Crippen LogP contribution >= 0.6 is 0 Å². The molecule has 1 N–H and O–H groups in total. The maximum Gasteiger partial charge on any atom is 0.243 e. The van der Waals surface area contributed by atoms with E-state index in [1.807, 2.05) is 0 Å². The molecule has 1 aliphatic rings. The lowest BCUT2D eigenvalue weighted by Crippen LogP contribution is -2.44. The van der Waals surface area contributed by atoms with Gasteiger partial charge in [-0.2, -0.15) is 4.31 Å². The molecule has 0 saturated carbocycles. The average molecular weight is 336 g/mol. The zero-order valence-electron chi connectivity index (χ0n) is 11.5. The van der Waals surface area contributed by atoms with E-state index in [4.69, 9.17) is 0 Å². The molecule has 118 valence electrons. The molecule has 0 amide bonds. The number of sulfonamides is 1. The van der Waals surface area contributed by atoms with Gasteiger partial charge >= 0.3 is 0 Å². The first kappa shape index (κ1) is 16.3. The fourth-order valence-electron chi connectivity index (χ4n) is 2.18. The second-order valence-corrected chi connectivity index (χ2v) is 9.05. The second-order valence-electron chi connectivity index (χ2n) is 4.84. The molecule has 0 aliphatic carbocycles. The highest BCUT2D eigenvalue weighted by molar-refractivity contribution is 7.92. The summed E-state index contributed by atoms with van der Waals surface area (Å²) in [6.07, 6.45) is 0. The van der Waals surface area contributed by atoms with Gasteiger partial charge in [-0.15, -0.1) is 0 Å². The van der Waals surface area contributed by atoms with Gasteiger partial charge in [-0.3, -0.25) is 0 Å². The van der Waals surface area contributed by atoms with Gasteiger partial charge in [0.15, 0.2) is 9.84 Å². The maximum absolute atomic E-state index is 13.4. The molecule has 1 saturated heterocycles. The first-order valence-corrected chi connectivity index (χ1v) is 9.66. The lowest BCUT2D eigenvalue weighted by Gasteiger charge is -2.26. The number of rotatable bonds is 4. The summed E-state index contributed by atoms with van der Waals surface area (Å²) in [6.45, 7) is 0.0847. The molecule has 0 aromatic heterocycles. The summed E-state index contributed by atoms with van der Waals surface area (Å²) in [5, 5.41) is 2.83. The summed E-state index contributed by atoms with van der Waals surface area (Å²) in [5.41, 5.74) is 0.451. The van der Waals surface area contributed by atoms with Crippen LogP contribution in [0.5, 0.6) is 0 Å². The van der Waals surface area contributed by atoms with Gasteiger partial charge in [0.25, 0.3) is 0 Å². The Morgan fingerprint density at radius 1 is 1.29 bits per heavy atom. The minimum Gasteiger partial charge on any atom is -0.316 e. The van der Waals surface area contributed by atoms with Crippen molar-refractivity contribution < 1.29 is 21.2 Å². The normalized spacial score (nSPS) is 19.5. The third-order valence-electron chi connectivity index (χ3n) is 3.32. The van der Waals surface area contributed by atoms with E-state index in [2.05, 4.69) is 5.32 Å². The number of sulfone groups is 1. The van der Waals surface area contributed by atoms with Gasteiger partial charge < -0.3 is 5.32 Å². The minimum atomic E-state index is -3.90. The van der Waals surface area contributed by atoms with Crippen LogP contribution in [0.3, 0.4) is 0 Å². The van der Waals surface area contributed by atoms with Crippen molar-refractivity contribution in [2.24, 2.45) is 0 Å². The van der Waals surface area contributed by atoms with Gasteiger partial charge in [0, 0.05) is 19.6 Å². The molecule has 0 spiro atoms. The van der Waals surface area contributed by atoms with Gasteiger partial charge in [-0.05, 0) is 24.7 Å². The Morgan fingerprint density at radius 2 is 1.90 bits per heavy atom. The lowest BCUT2D eigenvalue weighted by molar-refractivity contribution is 0.429. The van der Waals surface area contributed by atoms with Crippen molar-refractivity contribution in [2.45, 2.75) is 11.4 Å². The number of nitrogens with zero attached hydrogens (tertiary/aromatic N) is 1. The third-order valence-corrected chi connectivity index (χ3v) is 6.91. The summed E-state index contributed by atoms with van der Waals surface area (Å²) in [5.74, 6) is -1.05. The second kappa shape index (κ2) is 5.99. The molecule has 0 unspecified atom stereocenters. The highest BCUT2D eigenvalue weighted by Gasteiger charge is 2.32. The first-order chi connectivity index (χ1) is 9.76. The Morgan fingerprint density at radius 3 is 2.48 bits per heavy atom. The van der Waals surface area contributed by atoms with Crippen LogP contribution in [0.15, 0.2) is 23.1 Å². The molecule has 0 radical (unpaired) electrons. The van der Waals surface area contributed by atoms with Crippen LogP contribution in [0.2, 0.25) is 0 Å². The Hall–Kier alpha value is -1.03. The van der Waals surface area contributed by atoms with E-state index in [9.17, 15) is 21.2 Å². The average Bonchev–Trinajstić information content (AvgIpc) is 2.40. The number of benzene rings is 1. The van der Waals surface area contributed by atoms with Crippen molar-refractivity contribution in [3.05, 3.63) is 29.6 Å². The number of hydrogen-bond donors (Lipinski definition) is 1. The predicted molar refractivity (Wildman–Crippen MR) is 76.6 cm³/mol. The minimum absolute atomic E-state index is 0.0971. The number of halogens is 1. The summed E-state index contributed by atoms with van der Waals surface area (Å²) in [6, 6.07) is 3.59. The van der Waals surface area contributed by atoms with Crippen LogP contribution in [0.25, 0.3) is 0 Å². The predicted octanol–water partition coefficient (Wildman–Crippen LogP) is -0.0358. The Kier molecular flexibility index (Phi) is 4.66. The van der Waals surface area contributed by atoms with Gasteiger partial charge in [-0.1, -0.05) is 6.07 Å². The SMILES string of the molecule is CNCc1ccc(F)cc1S(=O)(=O)N1CCS(=O)(=O)CC1. The molecule has 1 aliphatic heterocycles. The quantitative estimate of drug-likeness (QED) is 0.834. The third kappa shape index (κ3) is 3.60. The van der Waals surface area contributed by atoms with E-state index in [1.165, 1.54) is 12.1 Å². The molecule has 6 nitrogen and oxygen atoms in total. The van der Waals surface area contributed by atoms with Crippen molar-refractivity contribution in [3.8, 4) is 0 Å². The van der Waals surface area contributed by atoms with Gasteiger partial charge in [0.1, 0.15) is 5.82 Å². The van der Waals surface area contributed by atoms with E-state index in [0.29, 0.717) is 5.56 Å². The van der Waals surface area contributed by atoms with E-state index >= 15 is 0 Å². The number of nitrogens with one attached hydrogen (secondary N) is 1. The molecule has 1 fully saturated rings. The van der Waals surface area contributed by atoms with Crippen molar-refractivity contribution in [2.75, 3.05) is 31.6 Å². The van der Waals surface area contributed by atoms with Gasteiger partial charge in [0.2, 0.25) is 10.0 Å². The largest absolute Gasteiger partial charge is 0.316 e. The Bertz CT molecular complexity index is 718. The van der Waals surface area contributed by atoms with Crippen LogP contribution in [0, 0.1) is 5.82 Å². The topological polar surface area (TPSA) is 83.6 Å². The Balaban J connectivity index is 2.38. The van der Waals surface area contributed by atoms with Crippen molar-refractivity contribution >= 4 is 19.9 Å². The number of hydrogen-bond acceptors (Lipinski definition) is 5. The fraction of sp³-hybridized carbons (Fsp3) is 0.500. The summed E-state index contributed by atoms with van der Waals surface area (Å²) in [7, 11) is -5.42. The van der Waals surface area contributed by atoms with Crippen LogP contribution in [-0.4, -0.2) is 52.8 Å². The zero-order valence-corrected chi connectivity index (χ0v) is 13.2. The highest BCUT2D eigenvalue weighted by atomic mass is 32.2. The van der Waals surface area contributed by atoms with E-state index < -0.39 is 25.7 Å². The standard InChI is InChI=1S/C12H17FN2O4S2/c1-14-9-10-2-3-11(13)8-12(10)21(18,19)15-4-6-20(16,17)7-5-15/h2-3,8,14H,4-7,9H2,1H3. The monoisotopic (exact) mass is 336 g/mol. The van der Waals surface area contributed by atoms with Crippen molar-refractivity contribution in [1.82, 2.24) is 9.62 Å². The van der Waals surface area contributed by atoms with E-state index in [-0.39, 0.29) is 36.0 Å². The molecular formula is C12H17FN2O4S2. The maximum atomic E-state index is 13.4. The van der Waals surface area contributed by atoms with Gasteiger partial charge in [-0.25, -0.2) is 21.2 Å². The van der Waals surface area contributed by atoms with Crippen LogP contribution < -0.4 is 5.32 Å². The molecule has 1 aromatic rings. The highest BCUT2D eigenvalue weighted by Crippen LogP contribution is 2.23. The van der Waals surface area contributed by atoms with E-state index in [0.717, 1.165) is 10.4 Å². The molecule has 1 aromatic carbocycles. The van der Waals surface area contributed by atoms with Crippen LogP contribution in [0.4, 0.5) is 4.39 Å². The van der Waals surface area contributed by atoms with Gasteiger partial charge in [0.05, 0.1) is 16.4 Å². The van der Waals surface area contributed by atoms with Crippen molar-refractivity contribution in [1.29, 1.82) is 0 Å². The zero-order chi connectivity index (χ0) is 15.7. The summed E-state index contributed by atoms with van der Waals surface area (Å²) < 4.78 is 62.5. The van der Waals surface area contributed by atoms with Crippen molar-refractivity contribution in [3.63, 3.8) is 0 Å². The van der Waals surface area contributed by atoms with Crippen LogP contribution in [0.1, 0.15) is 5.56 Å². The van der Waals surface area contributed by atoms with E-state index in [1.54, 1.807) is 7.05 Å². The van der Waals surface area contributed by atoms with Crippen LogP contribution in [-0.2, 0) is 26.4 Å². The molecule has 9 heteroatoms. The lowest BCUT2D eigenvalue weighted by atomic mass is 10.2. The molecule has 2 rings (SSSR count). The smallest absolute Gasteiger partial charge is 0.243 e. The summed E-state index contributed by atoms with van der Waals surface area (Å²) >= 11 is 0. The summed E-state index contributed by atoms with van der Waals surface area (Å²) in [4.78, 5) is -0.115.